The topological polar surface area (TPSA) is 106 Å². The van der Waals surface area contributed by atoms with E-state index in [4.69, 9.17) is 9.47 Å². The van der Waals surface area contributed by atoms with Gasteiger partial charge in [0.1, 0.15) is 4.90 Å². The number of aromatic nitrogens is 3. The van der Waals surface area contributed by atoms with Crippen LogP contribution in [0, 0.1) is 0 Å². The lowest BCUT2D eigenvalue weighted by Crippen LogP contribution is -2.14. The average Bonchev–Trinajstić information content (AvgIpc) is 3.09. The Balaban J connectivity index is 1.92. The fourth-order valence-electron chi connectivity index (χ4n) is 2.28. The smallest absolute Gasteiger partial charge is 0.264 e. The van der Waals surface area contributed by atoms with Crippen LogP contribution < -0.4 is 14.2 Å². The summed E-state index contributed by atoms with van der Waals surface area (Å²) in [7, 11) is -0.994. The van der Waals surface area contributed by atoms with Gasteiger partial charge in [-0.1, -0.05) is 0 Å². The summed E-state index contributed by atoms with van der Waals surface area (Å²) in [4.78, 5) is 4.02. The highest BCUT2D eigenvalue weighted by Crippen LogP contribution is 2.36. The van der Waals surface area contributed by atoms with Crippen LogP contribution in [0.1, 0.15) is 0 Å². The SMILES string of the molecule is COc1cc(Br)c(S(=O)(=O)Nc2cc(-c3cccnc3)[nH]n2)cc1OC. The summed E-state index contributed by atoms with van der Waals surface area (Å²) in [5.74, 6) is 0.872. The number of H-pyrrole nitrogens is 1. The molecule has 2 N–H and O–H groups in total. The molecule has 0 radical (unpaired) electrons. The molecule has 0 unspecified atom stereocenters. The van der Waals surface area contributed by atoms with Crippen LogP contribution in [-0.4, -0.2) is 37.8 Å². The minimum Gasteiger partial charge on any atom is -0.493 e. The molecule has 0 saturated carbocycles. The summed E-state index contributed by atoms with van der Waals surface area (Å²) in [6.45, 7) is 0. The van der Waals surface area contributed by atoms with E-state index in [1.165, 1.54) is 26.4 Å². The lowest BCUT2D eigenvalue weighted by atomic mass is 10.2. The number of hydrogen-bond donors (Lipinski definition) is 2. The molecule has 2 aromatic heterocycles. The molecule has 3 rings (SSSR count). The van der Waals surface area contributed by atoms with Gasteiger partial charge in [0.2, 0.25) is 0 Å². The number of halogens is 1. The molecule has 0 bridgehead atoms. The second-order valence-corrected chi connectivity index (χ2v) is 7.66. The van der Waals surface area contributed by atoms with Gasteiger partial charge in [0.05, 0.1) is 19.9 Å². The molecule has 8 nitrogen and oxygen atoms in total. The summed E-state index contributed by atoms with van der Waals surface area (Å²) in [6, 6.07) is 8.10. The Labute approximate surface area is 158 Å². The Morgan fingerprint density at radius 3 is 2.54 bits per heavy atom. The van der Waals surface area contributed by atoms with E-state index >= 15 is 0 Å². The first kappa shape index (κ1) is 18.2. The standard InChI is InChI=1S/C16H15BrN4O4S/c1-24-13-6-11(17)15(8-14(13)25-2)26(22,23)21-16-7-12(19-20-16)10-4-3-5-18-9-10/h3-9H,1-2H3,(H2,19,20,21). The van der Waals surface area contributed by atoms with E-state index in [0.29, 0.717) is 21.7 Å². The first-order chi connectivity index (χ1) is 12.4. The highest BCUT2D eigenvalue weighted by Gasteiger charge is 2.22. The highest BCUT2D eigenvalue weighted by molar-refractivity contribution is 9.10. The van der Waals surface area contributed by atoms with Crippen molar-refractivity contribution in [2.45, 2.75) is 4.90 Å². The molecule has 0 aliphatic carbocycles. The van der Waals surface area contributed by atoms with E-state index in [2.05, 4.69) is 35.8 Å². The lowest BCUT2D eigenvalue weighted by Gasteiger charge is -2.12. The van der Waals surface area contributed by atoms with Crippen molar-refractivity contribution in [3.8, 4) is 22.8 Å². The van der Waals surface area contributed by atoms with E-state index in [1.54, 1.807) is 24.5 Å². The molecule has 0 spiro atoms. The Morgan fingerprint density at radius 1 is 1.15 bits per heavy atom. The van der Waals surface area contributed by atoms with Crippen LogP contribution in [0.2, 0.25) is 0 Å². The van der Waals surface area contributed by atoms with E-state index in [9.17, 15) is 8.42 Å². The third-order valence-corrected chi connectivity index (χ3v) is 5.83. The van der Waals surface area contributed by atoms with Gasteiger partial charge in [-0.05, 0) is 34.1 Å². The molecular formula is C16H15BrN4O4S. The Hall–Kier alpha value is -2.59. The molecule has 0 aliphatic rings. The predicted octanol–water partition coefficient (Wildman–Crippen LogP) is 3.05. The van der Waals surface area contributed by atoms with E-state index in [0.717, 1.165) is 5.56 Å². The van der Waals surface area contributed by atoms with Gasteiger partial charge in [-0.2, -0.15) is 5.10 Å². The largest absolute Gasteiger partial charge is 0.493 e. The first-order valence-electron chi connectivity index (χ1n) is 7.34. The Bertz CT molecular complexity index is 1020. The molecule has 136 valence electrons. The summed E-state index contributed by atoms with van der Waals surface area (Å²) < 4.78 is 38.6. The molecule has 26 heavy (non-hydrogen) atoms. The van der Waals surface area contributed by atoms with Gasteiger partial charge >= 0.3 is 0 Å². The van der Waals surface area contributed by atoms with Crippen LogP contribution in [0.3, 0.4) is 0 Å². The van der Waals surface area contributed by atoms with E-state index in [-0.39, 0.29) is 10.7 Å². The van der Waals surface area contributed by atoms with Crippen molar-refractivity contribution in [1.82, 2.24) is 15.2 Å². The van der Waals surface area contributed by atoms with Crippen molar-refractivity contribution in [1.29, 1.82) is 0 Å². The van der Waals surface area contributed by atoms with Gasteiger partial charge in [-0.25, -0.2) is 8.42 Å². The molecular weight excluding hydrogens is 424 g/mol. The van der Waals surface area contributed by atoms with Crippen LogP contribution >= 0.6 is 15.9 Å². The van der Waals surface area contributed by atoms with Crippen LogP contribution in [-0.2, 0) is 10.0 Å². The minimum atomic E-state index is -3.90. The van der Waals surface area contributed by atoms with Gasteiger partial charge in [-0.15, -0.1) is 0 Å². The number of sulfonamides is 1. The quantitative estimate of drug-likeness (QED) is 0.612. The number of hydrogen-bond acceptors (Lipinski definition) is 6. The number of benzene rings is 1. The van der Waals surface area contributed by atoms with Gasteiger partial charge in [0.25, 0.3) is 10.0 Å². The summed E-state index contributed by atoms with van der Waals surface area (Å²) in [5, 5.41) is 6.77. The highest BCUT2D eigenvalue weighted by atomic mass is 79.9. The molecule has 0 saturated heterocycles. The number of ether oxygens (including phenoxy) is 2. The van der Waals surface area contributed by atoms with Gasteiger partial charge < -0.3 is 9.47 Å². The molecule has 0 aliphatic heterocycles. The number of aromatic amines is 1. The summed E-state index contributed by atoms with van der Waals surface area (Å²) in [6.07, 6.45) is 3.30. The second kappa shape index (κ2) is 7.34. The zero-order chi connectivity index (χ0) is 18.7. The molecule has 0 atom stereocenters. The molecule has 1 aromatic carbocycles. The third kappa shape index (κ3) is 3.65. The van der Waals surface area contributed by atoms with Crippen LogP contribution in [0.4, 0.5) is 5.82 Å². The number of nitrogens with zero attached hydrogens (tertiary/aromatic N) is 2. The number of anilines is 1. The maximum Gasteiger partial charge on any atom is 0.264 e. The average molecular weight is 439 g/mol. The summed E-state index contributed by atoms with van der Waals surface area (Å²) >= 11 is 3.25. The minimum absolute atomic E-state index is 0.000998. The van der Waals surface area contributed by atoms with E-state index < -0.39 is 10.0 Å². The van der Waals surface area contributed by atoms with Gasteiger partial charge in [0.15, 0.2) is 17.3 Å². The number of nitrogens with one attached hydrogen (secondary N) is 2. The molecule has 0 fully saturated rings. The maximum absolute atomic E-state index is 12.7. The van der Waals surface area contributed by atoms with Crippen molar-refractivity contribution < 1.29 is 17.9 Å². The van der Waals surface area contributed by atoms with Crippen molar-refractivity contribution in [3.63, 3.8) is 0 Å². The monoisotopic (exact) mass is 438 g/mol. The molecule has 0 amide bonds. The van der Waals surface area contributed by atoms with Gasteiger partial charge in [0, 0.05) is 34.6 Å². The van der Waals surface area contributed by atoms with Crippen molar-refractivity contribution in [2.75, 3.05) is 18.9 Å². The Kier molecular flexibility index (Phi) is 5.14. The van der Waals surface area contributed by atoms with Crippen molar-refractivity contribution in [3.05, 3.63) is 47.2 Å². The zero-order valence-electron chi connectivity index (χ0n) is 13.9. The number of methoxy groups -OCH3 is 2. The van der Waals surface area contributed by atoms with Crippen LogP contribution in [0.15, 0.2) is 52.1 Å². The lowest BCUT2D eigenvalue weighted by molar-refractivity contribution is 0.353. The molecule has 2 heterocycles. The molecule has 10 heteroatoms. The van der Waals surface area contributed by atoms with Crippen LogP contribution in [0.5, 0.6) is 11.5 Å². The zero-order valence-corrected chi connectivity index (χ0v) is 16.3. The van der Waals surface area contributed by atoms with Crippen LogP contribution in [0.25, 0.3) is 11.3 Å². The normalized spacial score (nSPS) is 11.2. The van der Waals surface area contributed by atoms with Crippen molar-refractivity contribution in [2.24, 2.45) is 0 Å². The first-order valence-corrected chi connectivity index (χ1v) is 9.62. The fraction of sp³-hybridized carbons (Fsp3) is 0.125. The third-order valence-electron chi connectivity index (χ3n) is 3.52. The predicted molar refractivity (Wildman–Crippen MR) is 99.9 cm³/mol. The maximum atomic E-state index is 12.7. The number of pyridine rings is 1. The van der Waals surface area contributed by atoms with Gasteiger partial charge in [-0.3, -0.25) is 14.8 Å². The van der Waals surface area contributed by atoms with E-state index in [1.807, 2.05) is 6.07 Å². The second-order valence-electron chi connectivity index (χ2n) is 5.15. The Morgan fingerprint density at radius 2 is 1.88 bits per heavy atom. The fourth-order valence-corrected chi connectivity index (χ4v) is 4.31. The summed E-state index contributed by atoms with van der Waals surface area (Å²) in [5.41, 5.74) is 1.43. The molecule has 3 aromatic rings. The van der Waals surface area contributed by atoms with Crippen molar-refractivity contribution >= 4 is 31.8 Å². The number of rotatable bonds is 6.